The normalized spacial score (nSPS) is 20.2. The van der Waals surface area contributed by atoms with Gasteiger partial charge in [-0.2, -0.15) is 12.6 Å². The first-order valence-corrected chi connectivity index (χ1v) is 8.69. The van der Waals surface area contributed by atoms with Crippen molar-refractivity contribution in [3.05, 3.63) is 58.9 Å². The second-order valence-electron chi connectivity index (χ2n) is 6.31. The molecule has 0 saturated heterocycles. The average molecular weight is 335 g/mol. The van der Waals surface area contributed by atoms with Gasteiger partial charge >= 0.3 is 0 Å². The number of anilines is 1. The minimum atomic E-state index is -0.553. The summed E-state index contributed by atoms with van der Waals surface area (Å²) in [4.78, 5) is 0. The monoisotopic (exact) mass is 335 g/mol. The number of hydrogen-bond donors (Lipinski definition) is 2. The fraction of sp³-hybridized carbons (Fsp3) is 0.300. The Labute approximate surface area is 149 Å². The molecule has 0 aromatic heterocycles. The van der Waals surface area contributed by atoms with Gasteiger partial charge < -0.3 is 5.73 Å². The van der Waals surface area contributed by atoms with Crippen molar-refractivity contribution in [3.8, 4) is 11.8 Å². The van der Waals surface area contributed by atoms with E-state index in [4.69, 9.17) is 13.6 Å². The Balaban J connectivity index is 1.75. The molecule has 0 amide bonds. The smallest absolute Gasteiger partial charge is 0.161 e. The maximum absolute atomic E-state index is 14.0. The largest absolute Gasteiger partial charge is 0.397 e. The molecule has 3 rings (SSSR count). The van der Waals surface area contributed by atoms with Gasteiger partial charge in [-0.3, -0.25) is 0 Å². The van der Waals surface area contributed by atoms with Crippen molar-refractivity contribution in [1.29, 1.82) is 0 Å². The van der Waals surface area contributed by atoms with Crippen molar-refractivity contribution in [1.82, 2.24) is 0 Å². The molecule has 4 heteroatoms. The standard InChI is InChI=1S/C20H19BFNS/c21-18-12-9-16(19(22)20(18)23)6-3-13-1-4-14(5-2-13)15-7-10-17(24)11-8-15/h1-2,4-5,9,12,15,17,24H,7-8,10-11,23H2. The van der Waals surface area contributed by atoms with Gasteiger partial charge in [0.1, 0.15) is 7.85 Å². The van der Waals surface area contributed by atoms with Gasteiger partial charge in [0.25, 0.3) is 0 Å². The fourth-order valence-electron chi connectivity index (χ4n) is 3.09. The second-order valence-corrected chi connectivity index (χ2v) is 7.04. The van der Waals surface area contributed by atoms with Crippen LogP contribution in [0.5, 0.6) is 0 Å². The lowest BCUT2D eigenvalue weighted by atomic mass is 9.83. The van der Waals surface area contributed by atoms with E-state index in [0.29, 0.717) is 11.2 Å². The Bertz CT molecular complexity index is 784. The number of hydrogen-bond acceptors (Lipinski definition) is 2. The summed E-state index contributed by atoms with van der Waals surface area (Å²) >= 11 is 4.55. The Morgan fingerprint density at radius 2 is 1.67 bits per heavy atom. The molecule has 0 heterocycles. The minimum absolute atomic E-state index is 0.0445. The first-order valence-electron chi connectivity index (χ1n) is 8.18. The van der Waals surface area contributed by atoms with Crippen LogP contribution in [0.1, 0.15) is 48.3 Å². The summed E-state index contributed by atoms with van der Waals surface area (Å²) in [7, 11) is 5.57. The maximum atomic E-state index is 14.0. The van der Waals surface area contributed by atoms with Gasteiger partial charge in [-0.1, -0.05) is 35.5 Å². The number of thiol groups is 1. The summed E-state index contributed by atoms with van der Waals surface area (Å²) in [5.41, 5.74) is 8.25. The molecule has 1 aliphatic rings. The molecule has 0 unspecified atom stereocenters. The van der Waals surface area contributed by atoms with Crippen LogP contribution in [0.15, 0.2) is 36.4 Å². The summed E-state index contributed by atoms with van der Waals surface area (Å²) in [6, 6.07) is 11.4. The molecule has 2 radical (unpaired) electrons. The SMILES string of the molecule is [B]c1ccc(C#Cc2ccc(C3CCC(S)CC3)cc2)c(F)c1N. The Kier molecular flexibility index (Phi) is 5.21. The zero-order valence-corrected chi connectivity index (χ0v) is 14.3. The fourth-order valence-corrected chi connectivity index (χ4v) is 3.39. The molecule has 1 fully saturated rings. The van der Waals surface area contributed by atoms with Crippen LogP contribution in [0, 0.1) is 17.7 Å². The van der Waals surface area contributed by atoms with E-state index < -0.39 is 5.82 Å². The van der Waals surface area contributed by atoms with Gasteiger partial charge in [0.2, 0.25) is 0 Å². The number of nitrogen functional groups attached to an aromatic ring is 1. The van der Waals surface area contributed by atoms with Gasteiger partial charge in [0.05, 0.1) is 11.3 Å². The minimum Gasteiger partial charge on any atom is -0.397 e. The van der Waals surface area contributed by atoms with E-state index in [1.54, 1.807) is 12.1 Å². The first kappa shape index (κ1) is 17.0. The van der Waals surface area contributed by atoms with E-state index in [1.807, 2.05) is 12.1 Å². The summed E-state index contributed by atoms with van der Waals surface area (Å²) < 4.78 is 14.0. The Morgan fingerprint density at radius 3 is 2.33 bits per heavy atom. The van der Waals surface area contributed by atoms with Crippen molar-refractivity contribution in [2.24, 2.45) is 0 Å². The molecular formula is C20H19BFNS. The lowest BCUT2D eigenvalue weighted by Gasteiger charge is -2.25. The highest BCUT2D eigenvalue weighted by Crippen LogP contribution is 2.34. The summed E-state index contributed by atoms with van der Waals surface area (Å²) in [6.45, 7) is 0. The van der Waals surface area contributed by atoms with Gasteiger partial charge in [-0.05, 0) is 55.4 Å². The highest BCUT2D eigenvalue weighted by molar-refractivity contribution is 7.80. The average Bonchev–Trinajstić information content (AvgIpc) is 2.60. The zero-order valence-electron chi connectivity index (χ0n) is 13.4. The third kappa shape index (κ3) is 3.79. The molecule has 0 bridgehead atoms. The maximum Gasteiger partial charge on any atom is 0.161 e. The second kappa shape index (κ2) is 7.36. The van der Waals surface area contributed by atoms with E-state index in [-0.39, 0.29) is 16.7 Å². The summed E-state index contributed by atoms with van der Waals surface area (Å²) in [5, 5.41) is 0.550. The molecule has 0 aliphatic heterocycles. The van der Waals surface area contributed by atoms with E-state index in [1.165, 1.54) is 31.2 Å². The van der Waals surface area contributed by atoms with Crippen LogP contribution in [-0.4, -0.2) is 13.1 Å². The Morgan fingerprint density at radius 1 is 1.00 bits per heavy atom. The van der Waals surface area contributed by atoms with Gasteiger partial charge in [0.15, 0.2) is 5.82 Å². The first-order chi connectivity index (χ1) is 11.5. The molecule has 2 aromatic carbocycles. The quantitative estimate of drug-likeness (QED) is 0.354. The molecule has 1 nitrogen and oxygen atoms in total. The van der Waals surface area contributed by atoms with Gasteiger partial charge in [-0.15, -0.1) is 0 Å². The Hall–Kier alpha value is -1.86. The predicted molar refractivity (Wildman–Crippen MR) is 103 cm³/mol. The lowest BCUT2D eigenvalue weighted by Crippen LogP contribution is -2.12. The van der Waals surface area contributed by atoms with E-state index in [0.717, 1.165) is 5.56 Å². The topological polar surface area (TPSA) is 26.0 Å². The highest BCUT2D eigenvalue weighted by atomic mass is 32.1. The summed E-state index contributed by atoms with van der Waals surface area (Å²) in [5.74, 6) is 5.88. The highest BCUT2D eigenvalue weighted by Gasteiger charge is 2.19. The molecule has 1 aliphatic carbocycles. The van der Waals surface area contributed by atoms with Crippen molar-refractivity contribution in [2.75, 3.05) is 5.73 Å². The van der Waals surface area contributed by atoms with Crippen molar-refractivity contribution in [2.45, 2.75) is 36.9 Å². The van der Waals surface area contributed by atoms with Crippen LogP contribution in [0.25, 0.3) is 0 Å². The van der Waals surface area contributed by atoms with Crippen LogP contribution in [0.3, 0.4) is 0 Å². The van der Waals surface area contributed by atoms with Crippen LogP contribution >= 0.6 is 12.6 Å². The lowest BCUT2D eigenvalue weighted by molar-refractivity contribution is 0.454. The number of halogens is 1. The van der Waals surface area contributed by atoms with Crippen molar-refractivity contribution < 1.29 is 4.39 Å². The molecule has 24 heavy (non-hydrogen) atoms. The summed E-state index contributed by atoms with van der Waals surface area (Å²) in [6.07, 6.45) is 4.73. The van der Waals surface area contributed by atoms with Crippen molar-refractivity contribution >= 4 is 31.6 Å². The van der Waals surface area contributed by atoms with E-state index >= 15 is 0 Å². The van der Waals surface area contributed by atoms with Crippen LogP contribution < -0.4 is 11.2 Å². The molecule has 120 valence electrons. The van der Waals surface area contributed by atoms with Crippen LogP contribution in [0.4, 0.5) is 10.1 Å². The molecule has 1 saturated carbocycles. The molecular weight excluding hydrogens is 316 g/mol. The molecule has 2 aromatic rings. The zero-order chi connectivity index (χ0) is 17.1. The number of rotatable bonds is 1. The molecule has 0 spiro atoms. The van der Waals surface area contributed by atoms with Crippen molar-refractivity contribution in [3.63, 3.8) is 0 Å². The number of benzene rings is 2. The van der Waals surface area contributed by atoms with Crippen LogP contribution in [0.2, 0.25) is 0 Å². The van der Waals surface area contributed by atoms with E-state index in [9.17, 15) is 4.39 Å². The predicted octanol–water partition coefficient (Wildman–Crippen LogP) is 3.56. The number of nitrogens with two attached hydrogens (primary N) is 1. The third-order valence-electron chi connectivity index (χ3n) is 4.63. The van der Waals surface area contributed by atoms with Gasteiger partial charge in [0, 0.05) is 10.8 Å². The van der Waals surface area contributed by atoms with E-state index in [2.05, 4.69) is 36.6 Å². The third-order valence-corrected chi connectivity index (χ3v) is 5.15. The molecule has 2 N–H and O–H groups in total. The van der Waals surface area contributed by atoms with Gasteiger partial charge in [-0.25, -0.2) is 4.39 Å². The van der Waals surface area contributed by atoms with Crippen LogP contribution in [-0.2, 0) is 0 Å². The molecule has 0 atom stereocenters.